The lowest BCUT2D eigenvalue weighted by molar-refractivity contribution is 0.0697. The van der Waals surface area contributed by atoms with Crippen molar-refractivity contribution in [1.29, 1.82) is 0 Å². The lowest BCUT2D eigenvalue weighted by atomic mass is 9.80. The zero-order chi connectivity index (χ0) is 25.1. The van der Waals surface area contributed by atoms with Crippen molar-refractivity contribution in [1.82, 2.24) is 5.32 Å². The molecular formula is C31H32Cl2N2O2. The SMILES string of the molecule is C[C@@H](NCC1CCN(c2ccc(C(=O)O)c(Cl)c2)CC1c1ccccc1)c1cccc2ccccc12.Cl. The summed E-state index contributed by atoms with van der Waals surface area (Å²) in [4.78, 5) is 13.7. The highest BCUT2D eigenvalue weighted by atomic mass is 35.5. The number of hydrogen-bond acceptors (Lipinski definition) is 3. The van der Waals surface area contributed by atoms with Gasteiger partial charge in [0, 0.05) is 30.7 Å². The van der Waals surface area contributed by atoms with E-state index in [1.165, 1.54) is 21.9 Å². The molecule has 4 aromatic carbocycles. The van der Waals surface area contributed by atoms with Crippen LogP contribution in [0.3, 0.4) is 0 Å². The second kappa shape index (κ2) is 12.0. The van der Waals surface area contributed by atoms with Crippen molar-refractivity contribution in [2.24, 2.45) is 5.92 Å². The summed E-state index contributed by atoms with van der Waals surface area (Å²) in [6.07, 6.45) is 1.03. The van der Waals surface area contributed by atoms with Crippen LogP contribution in [0.1, 0.15) is 46.8 Å². The molecule has 3 atom stereocenters. The summed E-state index contributed by atoms with van der Waals surface area (Å²) in [5.74, 6) is -0.168. The van der Waals surface area contributed by atoms with Gasteiger partial charge >= 0.3 is 5.97 Å². The highest BCUT2D eigenvalue weighted by Gasteiger charge is 2.31. The quantitative estimate of drug-likeness (QED) is 0.256. The topological polar surface area (TPSA) is 52.6 Å². The van der Waals surface area contributed by atoms with Crippen LogP contribution in [0.25, 0.3) is 10.8 Å². The number of nitrogens with zero attached hydrogens (tertiary/aromatic N) is 1. The van der Waals surface area contributed by atoms with Crippen molar-refractivity contribution in [3.05, 3.63) is 113 Å². The molecule has 192 valence electrons. The minimum atomic E-state index is -1.00. The molecule has 37 heavy (non-hydrogen) atoms. The van der Waals surface area contributed by atoms with E-state index in [9.17, 15) is 9.90 Å². The second-order valence-electron chi connectivity index (χ2n) is 9.68. The van der Waals surface area contributed by atoms with Gasteiger partial charge in [-0.25, -0.2) is 4.79 Å². The average molecular weight is 536 g/mol. The van der Waals surface area contributed by atoms with E-state index in [0.29, 0.717) is 11.8 Å². The van der Waals surface area contributed by atoms with E-state index >= 15 is 0 Å². The first-order chi connectivity index (χ1) is 17.5. The number of anilines is 1. The van der Waals surface area contributed by atoms with E-state index < -0.39 is 5.97 Å². The fourth-order valence-electron chi connectivity index (χ4n) is 5.50. The second-order valence-corrected chi connectivity index (χ2v) is 10.1. The predicted molar refractivity (Wildman–Crippen MR) is 156 cm³/mol. The minimum absolute atomic E-state index is 0. The Kier molecular flexibility index (Phi) is 8.75. The molecule has 0 bridgehead atoms. The summed E-state index contributed by atoms with van der Waals surface area (Å²) in [7, 11) is 0. The largest absolute Gasteiger partial charge is 0.478 e. The van der Waals surface area contributed by atoms with Gasteiger partial charge in [0.2, 0.25) is 0 Å². The minimum Gasteiger partial charge on any atom is -0.478 e. The van der Waals surface area contributed by atoms with Crippen LogP contribution in [0.2, 0.25) is 5.02 Å². The van der Waals surface area contributed by atoms with Crippen molar-refractivity contribution in [3.8, 4) is 0 Å². The molecular weight excluding hydrogens is 503 g/mol. The molecule has 4 aromatic rings. The van der Waals surface area contributed by atoms with Gasteiger partial charge in [0.1, 0.15) is 0 Å². The van der Waals surface area contributed by atoms with Crippen molar-refractivity contribution in [3.63, 3.8) is 0 Å². The van der Waals surface area contributed by atoms with E-state index in [4.69, 9.17) is 11.6 Å². The Hall–Kier alpha value is -3.05. The first-order valence-corrected chi connectivity index (χ1v) is 12.9. The number of halogens is 2. The molecule has 1 aliphatic rings. The Labute approximate surface area is 229 Å². The Bertz CT molecular complexity index is 1360. The molecule has 2 unspecified atom stereocenters. The molecule has 0 aromatic heterocycles. The van der Waals surface area contributed by atoms with E-state index in [2.05, 4.69) is 89.9 Å². The fraction of sp³-hybridized carbons (Fsp3) is 0.258. The number of hydrogen-bond donors (Lipinski definition) is 2. The number of piperidine rings is 1. The number of carboxylic acid groups (broad SMARTS) is 1. The molecule has 5 rings (SSSR count). The third kappa shape index (κ3) is 5.93. The predicted octanol–water partition coefficient (Wildman–Crippen LogP) is 7.57. The number of benzene rings is 4. The Morgan fingerprint density at radius 3 is 2.51 bits per heavy atom. The number of fused-ring (bicyclic) bond motifs is 1. The third-order valence-electron chi connectivity index (χ3n) is 7.51. The van der Waals surface area contributed by atoms with E-state index in [0.717, 1.165) is 31.7 Å². The Morgan fingerprint density at radius 1 is 1.03 bits per heavy atom. The summed E-state index contributed by atoms with van der Waals surface area (Å²) in [6, 6.07) is 31.3. The van der Waals surface area contributed by atoms with Crippen molar-refractivity contribution >= 4 is 46.4 Å². The van der Waals surface area contributed by atoms with Crippen LogP contribution in [0.15, 0.2) is 91.0 Å². The van der Waals surface area contributed by atoms with E-state index in [1.54, 1.807) is 12.1 Å². The van der Waals surface area contributed by atoms with Crippen LogP contribution in [0.5, 0.6) is 0 Å². The van der Waals surface area contributed by atoms with E-state index in [-0.39, 0.29) is 29.0 Å². The Morgan fingerprint density at radius 2 is 1.76 bits per heavy atom. The number of nitrogens with one attached hydrogen (secondary N) is 1. The average Bonchev–Trinajstić information content (AvgIpc) is 2.91. The fourth-order valence-corrected chi connectivity index (χ4v) is 5.75. The molecule has 4 nitrogen and oxygen atoms in total. The van der Waals surface area contributed by atoms with Gasteiger partial charge < -0.3 is 15.3 Å². The maximum Gasteiger partial charge on any atom is 0.337 e. The van der Waals surface area contributed by atoms with Gasteiger partial charge in [-0.05, 0) is 65.9 Å². The van der Waals surface area contributed by atoms with Crippen LogP contribution in [0.4, 0.5) is 5.69 Å². The molecule has 0 saturated carbocycles. The van der Waals surface area contributed by atoms with Crippen LogP contribution in [-0.2, 0) is 0 Å². The van der Waals surface area contributed by atoms with Gasteiger partial charge in [-0.2, -0.15) is 0 Å². The molecule has 0 amide bonds. The summed E-state index contributed by atoms with van der Waals surface area (Å²) >= 11 is 6.29. The molecule has 6 heteroatoms. The number of rotatable bonds is 7. The number of aromatic carboxylic acids is 1. The van der Waals surface area contributed by atoms with Crippen molar-refractivity contribution in [2.75, 3.05) is 24.5 Å². The van der Waals surface area contributed by atoms with Crippen LogP contribution < -0.4 is 10.2 Å². The van der Waals surface area contributed by atoms with Crippen LogP contribution >= 0.6 is 24.0 Å². The van der Waals surface area contributed by atoms with Gasteiger partial charge in [0.25, 0.3) is 0 Å². The van der Waals surface area contributed by atoms with Gasteiger partial charge in [-0.1, -0.05) is 84.4 Å². The normalized spacial score (nSPS) is 18.3. The molecule has 1 saturated heterocycles. The highest BCUT2D eigenvalue weighted by Crippen LogP contribution is 2.36. The molecule has 0 aliphatic carbocycles. The highest BCUT2D eigenvalue weighted by molar-refractivity contribution is 6.33. The molecule has 1 heterocycles. The zero-order valence-corrected chi connectivity index (χ0v) is 22.4. The maximum absolute atomic E-state index is 11.4. The van der Waals surface area contributed by atoms with Gasteiger partial charge in [0.15, 0.2) is 0 Å². The van der Waals surface area contributed by atoms with Crippen LogP contribution in [0, 0.1) is 5.92 Å². The van der Waals surface area contributed by atoms with Crippen molar-refractivity contribution < 1.29 is 9.90 Å². The standard InChI is InChI=1S/C31H31ClN2O2.ClH/c1-21(26-13-7-11-22-10-5-6-12-27(22)26)33-19-24-16-17-34(20-29(24)23-8-3-2-4-9-23)25-14-15-28(31(35)36)30(32)18-25;/h2-15,18,21,24,29,33H,16-17,19-20H2,1H3,(H,35,36);1H/t21-,24?,29?;/m1./s1. The number of carbonyl (C=O) groups is 1. The first kappa shape index (κ1) is 27.0. The van der Waals surface area contributed by atoms with Crippen LogP contribution in [-0.4, -0.2) is 30.7 Å². The lowest BCUT2D eigenvalue weighted by Gasteiger charge is -2.41. The lowest BCUT2D eigenvalue weighted by Crippen LogP contribution is -2.43. The Balaban J connectivity index is 0.00000320. The summed E-state index contributed by atoms with van der Waals surface area (Å²) < 4.78 is 0. The smallest absolute Gasteiger partial charge is 0.337 e. The maximum atomic E-state index is 11.4. The summed E-state index contributed by atoms with van der Waals surface area (Å²) in [6.45, 7) is 4.94. The molecule has 1 aliphatic heterocycles. The van der Waals surface area contributed by atoms with Gasteiger partial charge in [-0.3, -0.25) is 0 Å². The molecule has 1 fully saturated rings. The zero-order valence-electron chi connectivity index (χ0n) is 20.8. The van der Waals surface area contributed by atoms with Gasteiger partial charge in [0.05, 0.1) is 10.6 Å². The molecule has 0 radical (unpaired) electrons. The first-order valence-electron chi connectivity index (χ1n) is 12.5. The molecule has 2 N–H and O–H groups in total. The third-order valence-corrected chi connectivity index (χ3v) is 7.82. The van der Waals surface area contributed by atoms with E-state index in [1.807, 2.05) is 6.07 Å². The number of carboxylic acids is 1. The molecule has 0 spiro atoms. The summed E-state index contributed by atoms with van der Waals surface area (Å²) in [5, 5.41) is 16.0. The van der Waals surface area contributed by atoms with Gasteiger partial charge in [-0.15, -0.1) is 12.4 Å². The monoisotopic (exact) mass is 534 g/mol. The van der Waals surface area contributed by atoms with Crippen molar-refractivity contribution in [2.45, 2.75) is 25.3 Å². The summed E-state index contributed by atoms with van der Waals surface area (Å²) in [5.41, 5.74) is 3.78.